The Morgan fingerprint density at radius 1 is 1.33 bits per heavy atom. The van der Waals surface area contributed by atoms with Gasteiger partial charge in [-0.25, -0.2) is 4.79 Å². The van der Waals surface area contributed by atoms with Crippen LogP contribution in [0.5, 0.6) is 0 Å². The van der Waals surface area contributed by atoms with Gasteiger partial charge in [0.05, 0.1) is 6.61 Å². The van der Waals surface area contributed by atoms with E-state index in [-0.39, 0.29) is 5.76 Å². The zero-order chi connectivity index (χ0) is 15.2. The van der Waals surface area contributed by atoms with Crippen molar-refractivity contribution in [2.24, 2.45) is 0 Å². The van der Waals surface area contributed by atoms with Crippen LogP contribution in [0.15, 0.2) is 34.7 Å². The average molecular weight is 289 g/mol. The first-order valence-electron chi connectivity index (χ1n) is 6.75. The van der Waals surface area contributed by atoms with Crippen LogP contribution in [0.1, 0.15) is 27.4 Å². The van der Waals surface area contributed by atoms with Crippen molar-refractivity contribution >= 4 is 11.7 Å². The van der Waals surface area contributed by atoms with E-state index in [0.29, 0.717) is 18.9 Å². The number of nitrogens with one attached hydrogen (secondary N) is 1. The number of methoxy groups -OCH3 is 1. The Kier molecular flexibility index (Phi) is 5.00. The molecule has 0 saturated heterocycles. The summed E-state index contributed by atoms with van der Waals surface area (Å²) >= 11 is 0. The van der Waals surface area contributed by atoms with E-state index in [1.807, 2.05) is 24.3 Å². The summed E-state index contributed by atoms with van der Waals surface area (Å²) < 4.78 is 10.3. The number of carboxylic acid groups (broad SMARTS) is 1. The Morgan fingerprint density at radius 2 is 2.10 bits per heavy atom. The van der Waals surface area contributed by atoms with E-state index in [1.54, 1.807) is 20.1 Å². The zero-order valence-electron chi connectivity index (χ0n) is 12.2. The fourth-order valence-corrected chi connectivity index (χ4v) is 2.11. The van der Waals surface area contributed by atoms with Crippen molar-refractivity contribution in [2.45, 2.75) is 19.9 Å². The zero-order valence-corrected chi connectivity index (χ0v) is 12.2. The summed E-state index contributed by atoms with van der Waals surface area (Å²) in [5.41, 5.74) is 3.03. The van der Waals surface area contributed by atoms with Crippen LogP contribution in [0.4, 0.5) is 5.69 Å². The highest BCUT2D eigenvalue weighted by Gasteiger charge is 2.13. The molecule has 5 heteroatoms. The van der Waals surface area contributed by atoms with Gasteiger partial charge in [0.15, 0.2) is 0 Å². The van der Waals surface area contributed by atoms with Crippen LogP contribution in [-0.4, -0.2) is 24.8 Å². The highest BCUT2D eigenvalue weighted by molar-refractivity contribution is 5.84. The number of hydrogen-bond donors (Lipinski definition) is 2. The minimum atomic E-state index is -1.05. The molecule has 0 saturated carbocycles. The molecule has 0 fully saturated rings. The van der Waals surface area contributed by atoms with E-state index < -0.39 is 5.97 Å². The van der Waals surface area contributed by atoms with Gasteiger partial charge in [0.2, 0.25) is 5.76 Å². The molecule has 0 aliphatic carbocycles. The highest BCUT2D eigenvalue weighted by Crippen LogP contribution is 2.20. The molecule has 1 heterocycles. The summed E-state index contributed by atoms with van der Waals surface area (Å²) in [6.45, 7) is 2.94. The lowest BCUT2D eigenvalue weighted by atomic mass is 10.1. The number of benzene rings is 1. The molecule has 112 valence electrons. The summed E-state index contributed by atoms with van der Waals surface area (Å²) in [5, 5.41) is 12.2. The van der Waals surface area contributed by atoms with Crippen molar-refractivity contribution in [1.82, 2.24) is 0 Å². The van der Waals surface area contributed by atoms with Crippen LogP contribution >= 0.6 is 0 Å². The minimum absolute atomic E-state index is 0.0306. The predicted octanol–water partition coefficient (Wildman–Crippen LogP) is 3.09. The fourth-order valence-electron chi connectivity index (χ4n) is 2.11. The predicted molar refractivity (Wildman–Crippen MR) is 79.8 cm³/mol. The molecule has 0 radical (unpaired) electrons. The Balaban J connectivity index is 2.07. The van der Waals surface area contributed by atoms with Crippen LogP contribution in [0.2, 0.25) is 0 Å². The number of carbonyl (C=O) groups is 1. The van der Waals surface area contributed by atoms with Crippen LogP contribution in [-0.2, 0) is 17.7 Å². The van der Waals surface area contributed by atoms with E-state index in [2.05, 4.69) is 5.32 Å². The maximum absolute atomic E-state index is 10.9. The van der Waals surface area contributed by atoms with Gasteiger partial charge in [-0.2, -0.15) is 0 Å². The van der Waals surface area contributed by atoms with Crippen LogP contribution in [0.25, 0.3) is 0 Å². The molecule has 5 nitrogen and oxygen atoms in total. The average Bonchev–Trinajstić information content (AvgIpc) is 2.85. The number of furan rings is 1. The van der Waals surface area contributed by atoms with Crippen LogP contribution in [0, 0.1) is 6.92 Å². The van der Waals surface area contributed by atoms with Crippen LogP contribution in [0.3, 0.4) is 0 Å². The number of aromatic carboxylic acids is 1. The number of carboxylic acids is 1. The van der Waals surface area contributed by atoms with Crippen molar-refractivity contribution in [3.63, 3.8) is 0 Å². The van der Waals surface area contributed by atoms with E-state index in [4.69, 9.17) is 14.3 Å². The van der Waals surface area contributed by atoms with E-state index in [0.717, 1.165) is 17.7 Å². The smallest absolute Gasteiger partial charge is 0.371 e. The first kappa shape index (κ1) is 15.1. The van der Waals surface area contributed by atoms with E-state index in [9.17, 15) is 4.79 Å². The molecule has 2 rings (SSSR count). The summed E-state index contributed by atoms with van der Waals surface area (Å²) in [5.74, 6) is -0.462. The third kappa shape index (κ3) is 3.86. The monoisotopic (exact) mass is 289 g/mol. The molecule has 1 aromatic carbocycles. The molecule has 2 aromatic rings. The normalized spacial score (nSPS) is 10.6. The van der Waals surface area contributed by atoms with Gasteiger partial charge in [-0.05, 0) is 31.0 Å². The molecule has 0 spiro atoms. The van der Waals surface area contributed by atoms with Crippen LogP contribution < -0.4 is 5.32 Å². The molecular formula is C16H19NO4. The number of anilines is 1. The standard InChI is InChI=1S/C16H19NO4/c1-11-13(9-15(21-11)16(18)19)10-17-14-6-4-3-5-12(14)7-8-20-2/h3-6,9,17H,7-8,10H2,1-2H3,(H,18,19). The van der Waals surface area contributed by atoms with Gasteiger partial charge in [0.1, 0.15) is 5.76 Å². The number of rotatable bonds is 7. The molecule has 0 amide bonds. The van der Waals surface area contributed by atoms with Gasteiger partial charge in [-0.15, -0.1) is 0 Å². The Morgan fingerprint density at radius 3 is 2.76 bits per heavy atom. The number of hydrogen-bond acceptors (Lipinski definition) is 4. The third-order valence-corrected chi connectivity index (χ3v) is 3.29. The molecular weight excluding hydrogens is 270 g/mol. The van der Waals surface area contributed by atoms with Gasteiger partial charge in [0, 0.05) is 24.9 Å². The fraction of sp³-hybridized carbons (Fsp3) is 0.312. The maximum Gasteiger partial charge on any atom is 0.371 e. The molecule has 0 atom stereocenters. The van der Waals surface area contributed by atoms with Gasteiger partial charge in [-0.1, -0.05) is 18.2 Å². The lowest BCUT2D eigenvalue weighted by Crippen LogP contribution is -2.04. The lowest BCUT2D eigenvalue weighted by Gasteiger charge is -2.11. The van der Waals surface area contributed by atoms with Crippen molar-refractivity contribution < 1.29 is 19.1 Å². The van der Waals surface area contributed by atoms with Gasteiger partial charge >= 0.3 is 5.97 Å². The van der Waals surface area contributed by atoms with Crippen molar-refractivity contribution in [1.29, 1.82) is 0 Å². The quantitative estimate of drug-likeness (QED) is 0.819. The second-order valence-electron chi connectivity index (χ2n) is 4.75. The van der Waals surface area contributed by atoms with E-state index >= 15 is 0 Å². The van der Waals surface area contributed by atoms with Crippen molar-refractivity contribution in [3.8, 4) is 0 Å². The topological polar surface area (TPSA) is 71.7 Å². The molecule has 0 unspecified atom stereocenters. The molecule has 2 N–H and O–H groups in total. The molecule has 1 aromatic heterocycles. The summed E-state index contributed by atoms with van der Waals surface area (Å²) in [6.07, 6.45) is 0.824. The molecule has 21 heavy (non-hydrogen) atoms. The van der Waals surface area contributed by atoms with Crippen molar-refractivity contribution in [2.75, 3.05) is 19.0 Å². The van der Waals surface area contributed by atoms with Gasteiger partial charge in [-0.3, -0.25) is 0 Å². The summed E-state index contributed by atoms with van der Waals surface area (Å²) in [7, 11) is 1.68. The Labute approximate surface area is 123 Å². The summed E-state index contributed by atoms with van der Waals surface area (Å²) in [6, 6.07) is 9.55. The Hall–Kier alpha value is -2.27. The number of aryl methyl sites for hydroxylation is 1. The maximum atomic E-state index is 10.9. The SMILES string of the molecule is COCCc1ccccc1NCc1cc(C(=O)O)oc1C. The molecule has 0 bridgehead atoms. The lowest BCUT2D eigenvalue weighted by molar-refractivity contribution is 0.0661. The number of para-hydroxylation sites is 1. The largest absolute Gasteiger partial charge is 0.475 e. The first-order valence-corrected chi connectivity index (χ1v) is 6.75. The third-order valence-electron chi connectivity index (χ3n) is 3.29. The van der Waals surface area contributed by atoms with Gasteiger partial charge < -0.3 is 19.6 Å². The van der Waals surface area contributed by atoms with Gasteiger partial charge in [0.25, 0.3) is 0 Å². The summed E-state index contributed by atoms with van der Waals surface area (Å²) in [4.78, 5) is 10.9. The first-order chi connectivity index (χ1) is 10.1. The highest BCUT2D eigenvalue weighted by atomic mass is 16.5. The second-order valence-corrected chi connectivity index (χ2v) is 4.75. The minimum Gasteiger partial charge on any atom is -0.475 e. The molecule has 0 aliphatic heterocycles. The second kappa shape index (κ2) is 6.95. The van der Waals surface area contributed by atoms with E-state index in [1.165, 1.54) is 5.56 Å². The Bertz CT molecular complexity index is 618. The number of ether oxygens (including phenoxy) is 1. The molecule has 0 aliphatic rings. The van der Waals surface area contributed by atoms with Crippen molar-refractivity contribution in [3.05, 3.63) is 53.0 Å².